The lowest BCUT2D eigenvalue weighted by Gasteiger charge is -2.12. The van der Waals surface area contributed by atoms with Crippen LogP contribution in [0.25, 0.3) is 0 Å². The van der Waals surface area contributed by atoms with Gasteiger partial charge in [-0.25, -0.2) is 4.79 Å². The van der Waals surface area contributed by atoms with Crippen LogP contribution in [0.3, 0.4) is 0 Å². The van der Waals surface area contributed by atoms with Crippen LogP contribution < -0.4 is 4.90 Å². The number of carbonyl (C=O) groups is 1. The molecule has 3 rings (SSSR count). The van der Waals surface area contributed by atoms with Crippen molar-refractivity contribution in [3.8, 4) is 0 Å². The number of hydrogen-bond donors (Lipinski definition) is 0. The highest BCUT2D eigenvalue weighted by molar-refractivity contribution is 9.10. The molecule has 1 aliphatic carbocycles. The molecule has 3 nitrogen and oxygen atoms in total. The van der Waals surface area contributed by atoms with Crippen LogP contribution in [-0.4, -0.2) is 18.2 Å². The summed E-state index contributed by atoms with van der Waals surface area (Å²) in [5, 5.41) is 0. The summed E-state index contributed by atoms with van der Waals surface area (Å²) in [6.45, 7) is 0.702. The van der Waals surface area contributed by atoms with E-state index in [1.165, 1.54) is 0 Å². The van der Waals surface area contributed by atoms with E-state index >= 15 is 0 Å². The molecule has 0 aromatic heterocycles. The highest BCUT2D eigenvalue weighted by Crippen LogP contribution is 2.45. The first-order chi connectivity index (χ1) is 7.19. The smallest absolute Gasteiger partial charge is 0.415 e. The van der Waals surface area contributed by atoms with Gasteiger partial charge in [0.25, 0.3) is 0 Å². The number of nitrogens with zero attached hydrogens (tertiary/aromatic N) is 1. The molecule has 1 amide bonds. The van der Waals surface area contributed by atoms with Gasteiger partial charge in [-0.15, -0.1) is 0 Å². The Hall–Kier alpha value is -1.03. The van der Waals surface area contributed by atoms with Gasteiger partial charge >= 0.3 is 6.09 Å². The van der Waals surface area contributed by atoms with Gasteiger partial charge in [0.2, 0.25) is 0 Å². The minimum absolute atomic E-state index is 0.149. The molecule has 0 unspecified atom stereocenters. The maximum atomic E-state index is 11.6. The molecule has 2 aliphatic rings. The molecule has 1 heterocycles. The lowest BCUT2D eigenvalue weighted by Crippen LogP contribution is -2.24. The molecule has 0 bridgehead atoms. The summed E-state index contributed by atoms with van der Waals surface area (Å²) in [5.74, 6) is 0. The van der Waals surface area contributed by atoms with Gasteiger partial charge in [0.05, 0.1) is 6.54 Å². The van der Waals surface area contributed by atoms with E-state index in [1.807, 2.05) is 24.3 Å². The Balaban J connectivity index is 1.88. The average Bonchev–Trinajstić information content (AvgIpc) is 2.87. The molecule has 1 aromatic carbocycles. The average molecular weight is 268 g/mol. The number of benzene rings is 1. The topological polar surface area (TPSA) is 29.5 Å². The third-order valence-electron chi connectivity index (χ3n) is 2.92. The molecule has 15 heavy (non-hydrogen) atoms. The van der Waals surface area contributed by atoms with Crippen molar-refractivity contribution in [1.29, 1.82) is 0 Å². The highest BCUT2D eigenvalue weighted by Gasteiger charge is 2.54. The summed E-state index contributed by atoms with van der Waals surface area (Å²) >= 11 is 3.37. The van der Waals surface area contributed by atoms with Crippen LogP contribution in [0.2, 0.25) is 0 Å². The van der Waals surface area contributed by atoms with E-state index in [2.05, 4.69) is 15.9 Å². The van der Waals surface area contributed by atoms with Crippen molar-refractivity contribution in [2.75, 3.05) is 11.4 Å². The summed E-state index contributed by atoms with van der Waals surface area (Å²) in [6, 6.07) is 7.71. The van der Waals surface area contributed by atoms with Gasteiger partial charge in [-0.05, 0) is 37.1 Å². The molecule has 1 saturated carbocycles. The van der Waals surface area contributed by atoms with Crippen molar-refractivity contribution in [2.45, 2.75) is 18.4 Å². The molecule has 0 N–H and O–H groups in total. The second-order valence-electron chi connectivity index (χ2n) is 4.11. The third-order valence-corrected chi connectivity index (χ3v) is 3.45. The Morgan fingerprint density at radius 1 is 1.27 bits per heavy atom. The summed E-state index contributed by atoms with van der Waals surface area (Å²) in [6.07, 6.45) is 1.80. The first-order valence-electron chi connectivity index (χ1n) is 4.95. The van der Waals surface area contributed by atoms with Crippen LogP contribution in [0, 0.1) is 0 Å². The fraction of sp³-hybridized carbons (Fsp3) is 0.364. The molecule has 2 fully saturated rings. The normalized spacial score (nSPS) is 21.9. The van der Waals surface area contributed by atoms with Crippen LogP contribution in [0.15, 0.2) is 28.7 Å². The summed E-state index contributed by atoms with van der Waals surface area (Å²) in [4.78, 5) is 13.3. The monoisotopic (exact) mass is 267 g/mol. The fourth-order valence-electron chi connectivity index (χ4n) is 1.84. The van der Waals surface area contributed by atoms with E-state index < -0.39 is 0 Å². The van der Waals surface area contributed by atoms with Crippen molar-refractivity contribution in [1.82, 2.24) is 0 Å². The van der Waals surface area contributed by atoms with Crippen molar-refractivity contribution in [3.05, 3.63) is 28.7 Å². The molecule has 1 aliphatic heterocycles. The number of halogens is 1. The molecule has 1 saturated heterocycles. The quantitative estimate of drug-likeness (QED) is 0.783. The summed E-state index contributed by atoms with van der Waals surface area (Å²) in [7, 11) is 0. The van der Waals surface area contributed by atoms with E-state index in [4.69, 9.17) is 4.74 Å². The zero-order valence-corrected chi connectivity index (χ0v) is 9.66. The minimum atomic E-state index is -0.213. The number of hydrogen-bond acceptors (Lipinski definition) is 2. The fourth-order valence-corrected chi connectivity index (χ4v) is 2.11. The van der Waals surface area contributed by atoms with E-state index in [0.717, 1.165) is 23.0 Å². The number of rotatable bonds is 1. The van der Waals surface area contributed by atoms with Crippen LogP contribution >= 0.6 is 15.9 Å². The molecule has 78 valence electrons. The van der Waals surface area contributed by atoms with Crippen molar-refractivity contribution >= 4 is 27.7 Å². The van der Waals surface area contributed by atoms with Crippen LogP contribution in [-0.2, 0) is 4.74 Å². The van der Waals surface area contributed by atoms with E-state index in [1.54, 1.807) is 4.90 Å². The molecule has 0 atom stereocenters. The first-order valence-corrected chi connectivity index (χ1v) is 5.74. The maximum Gasteiger partial charge on any atom is 0.415 e. The zero-order chi connectivity index (χ0) is 10.5. The Labute approximate surface area is 96.1 Å². The first kappa shape index (κ1) is 9.21. The SMILES string of the molecule is O=C1OC2(CC2)CN1c1ccc(Br)cc1. The van der Waals surface area contributed by atoms with Gasteiger partial charge in [-0.1, -0.05) is 15.9 Å². The van der Waals surface area contributed by atoms with E-state index in [0.29, 0.717) is 6.54 Å². The van der Waals surface area contributed by atoms with Crippen molar-refractivity contribution < 1.29 is 9.53 Å². The van der Waals surface area contributed by atoms with Crippen molar-refractivity contribution in [2.24, 2.45) is 0 Å². The standard InChI is InChI=1S/C11H10BrNO2/c12-8-1-3-9(4-2-8)13-7-11(5-6-11)15-10(13)14/h1-4H,5-7H2. The van der Waals surface area contributed by atoms with Crippen LogP contribution in [0.5, 0.6) is 0 Å². The van der Waals surface area contributed by atoms with Crippen LogP contribution in [0.1, 0.15) is 12.8 Å². The van der Waals surface area contributed by atoms with E-state index in [-0.39, 0.29) is 11.7 Å². The third kappa shape index (κ3) is 1.53. The zero-order valence-electron chi connectivity index (χ0n) is 8.07. The van der Waals surface area contributed by atoms with Crippen molar-refractivity contribution in [3.63, 3.8) is 0 Å². The van der Waals surface area contributed by atoms with Crippen LogP contribution in [0.4, 0.5) is 10.5 Å². The van der Waals surface area contributed by atoms with E-state index in [9.17, 15) is 4.79 Å². The summed E-state index contributed by atoms with van der Waals surface area (Å²) < 4.78 is 6.35. The minimum Gasteiger partial charge on any atom is -0.441 e. The molecule has 1 aromatic rings. The number of anilines is 1. The lowest BCUT2D eigenvalue weighted by molar-refractivity contribution is 0.129. The van der Waals surface area contributed by atoms with Gasteiger partial charge in [0.15, 0.2) is 0 Å². The van der Waals surface area contributed by atoms with Gasteiger partial charge in [-0.3, -0.25) is 4.90 Å². The molecule has 0 radical (unpaired) electrons. The largest absolute Gasteiger partial charge is 0.441 e. The van der Waals surface area contributed by atoms with Gasteiger partial charge in [-0.2, -0.15) is 0 Å². The second kappa shape index (κ2) is 2.98. The highest BCUT2D eigenvalue weighted by atomic mass is 79.9. The van der Waals surface area contributed by atoms with Gasteiger partial charge < -0.3 is 4.74 Å². The molecule has 4 heteroatoms. The van der Waals surface area contributed by atoms with Gasteiger partial charge in [0.1, 0.15) is 5.60 Å². The predicted octanol–water partition coefficient (Wildman–Crippen LogP) is 2.94. The Morgan fingerprint density at radius 3 is 2.47 bits per heavy atom. The Kier molecular flexibility index (Phi) is 1.83. The molecular weight excluding hydrogens is 258 g/mol. The number of ether oxygens (including phenoxy) is 1. The van der Waals surface area contributed by atoms with Gasteiger partial charge in [0, 0.05) is 10.2 Å². The molecule has 1 spiro atoms. The molecular formula is C11H10BrNO2. The lowest BCUT2D eigenvalue weighted by atomic mass is 10.2. The number of carbonyl (C=O) groups excluding carboxylic acids is 1. The maximum absolute atomic E-state index is 11.6. The Morgan fingerprint density at radius 2 is 1.93 bits per heavy atom. The predicted molar refractivity (Wildman–Crippen MR) is 59.9 cm³/mol. The Bertz CT molecular complexity index is 411. The second-order valence-corrected chi connectivity index (χ2v) is 5.03. The number of amides is 1. The summed E-state index contributed by atoms with van der Waals surface area (Å²) in [5.41, 5.74) is 0.761.